The van der Waals surface area contributed by atoms with Crippen molar-refractivity contribution in [3.63, 3.8) is 0 Å². The first-order chi connectivity index (χ1) is 14.3. The largest absolute Gasteiger partial charge is 0.496 e. The number of carbonyl (C=O) groups excluding carboxylic acids is 2. The number of carbonyl (C=O) groups is 2. The van der Waals surface area contributed by atoms with Crippen LogP contribution in [0.15, 0.2) is 42.5 Å². The Labute approximate surface area is 171 Å². The summed E-state index contributed by atoms with van der Waals surface area (Å²) < 4.78 is 48.6. The third-order valence-corrected chi connectivity index (χ3v) is 4.95. The van der Waals surface area contributed by atoms with Crippen LogP contribution in [0.4, 0.5) is 13.2 Å². The van der Waals surface area contributed by atoms with Gasteiger partial charge in [0, 0.05) is 31.7 Å². The summed E-state index contributed by atoms with van der Waals surface area (Å²) in [6.07, 6.45) is -4.45. The Bertz CT molecular complexity index is 899. The Balaban J connectivity index is 1.68. The van der Waals surface area contributed by atoms with Gasteiger partial charge in [0.15, 0.2) is 0 Å². The quantitative estimate of drug-likeness (QED) is 0.759. The van der Waals surface area contributed by atoms with E-state index in [1.165, 1.54) is 31.3 Å². The molecule has 0 atom stereocenters. The smallest absolute Gasteiger partial charge is 0.416 e. The number of amides is 2. The van der Waals surface area contributed by atoms with E-state index in [-0.39, 0.29) is 43.6 Å². The molecule has 160 valence electrons. The summed E-state index contributed by atoms with van der Waals surface area (Å²) in [6.45, 7) is 1.10. The van der Waals surface area contributed by atoms with E-state index in [0.717, 1.165) is 12.1 Å². The van der Waals surface area contributed by atoms with Crippen LogP contribution in [-0.2, 0) is 6.18 Å². The van der Waals surface area contributed by atoms with Gasteiger partial charge in [0.1, 0.15) is 17.1 Å². The maximum absolute atomic E-state index is 13.0. The highest BCUT2D eigenvalue weighted by Crippen LogP contribution is 2.31. The fourth-order valence-electron chi connectivity index (χ4n) is 3.32. The fourth-order valence-corrected chi connectivity index (χ4v) is 3.32. The van der Waals surface area contributed by atoms with Crippen molar-refractivity contribution in [3.05, 3.63) is 59.2 Å². The van der Waals surface area contributed by atoms with Crippen LogP contribution in [0, 0.1) is 0 Å². The first-order valence-corrected chi connectivity index (χ1v) is 9.23. The van der Waals surface area contributed by atoms with E-state index < -0.39 is 11.7 Å². The van der Waals surface area contributed by atoms with Gasteiger partial charge >= 0.3 is 6.18 Å². The molecule has 0 spiro atoms. The molecule has 2 amide bonds. The van der Waals surface area contributed by atoms with Crippen molar-refractivity contribution < 1.29 is 32.2 Å². The highest BCUT2D eigenvalue weighted by Gasteiger charge is 2.31. The Morgan fingerprint density at radius 3 is 1.70 bits per heavy atom. The summed E-state index contributed by atoms with van der Waals surface area (Å²) >= 11 is 0. The number of methoxy groups -OCH3 is 2. The highest BCUT2D eigenvalue weighted by atomic mass is 19.4. The minimum atomic E-state index is -4.45. The van der Waals surface area contributed by atoms with Crippen LogP contribution < -0.4 is 9.47 Å². The zero-order valence-corrected chi connectivity index (χ0v) is 16.5. The van der Waals surface area contributed by atoms with E-state index >= 15 is 0 Å². The molecule has 0 N–H and O–H groups in total. The average Bonchev–Trinajstić information content (AvgIpc) is 2.77. The molecule has 1 heterocycles. The summed E-state index contributed by atoms with van der Waals surface area (Å²) in [7, 11) is 2.93. The fraction of sp³-hybridized carbons (Fsp3) is 0.333. The molecule has 0 saturated carbocycles. The molecule has 2 aromatic rings. The normalized spacial score (nSPS) is 14.4. The summed E-state index contributed by atoms with van der Waals surface area (Å²) in [5.41, 5.74) is -0.320. The summed E-state index contributed by atoms with van der Waals surface area (Å²) in [5, 5.41) is 0. The van der Waals surface area contributed by atoms with Crippen LogP contribution in [0.1, 0.15) is 26.3 Å². The molecule has 1 aliphatic rings. The van der Waals surface area contributed by atoms with Crippen LogP contribution in [0.3, 0.4) is 0 Å². The Morgan fingerprint density at radius 1 is 0.800 bits per heavy atom. The molecular formula is C21H21F3N2O4. The number of rotatable bonds is 4. The van der Waals surface area contributed by atoms with E-state index in [9.17, 15) is 22.8 Å². The maximum Gasteiger partial charge on any atom is 0.416 e. The lowest BCUT2D eigenvalue weighted by Crippen LogP contribution is -2.50. The number of hydrogen-bond donors (Lipinski definition) is 0. The number of ether oxygens (including phenoxy) is 2. The Hall–Kier alpha value is -3.23. The molecule has 0 unspecified atom stereocenters. The SMILES string of the molecule is COc1cccc(OC)c1C(=O)N1CCN(C(=O)c2ccc(C(F)(F)F)cc2)CC1. The molecule has 6 nitrogen and oxygen atoms in total. The number of alkyl halides is 3. The van der Waals surface area contributed by atoms with Gasteiger partial charge in [-0.2, -0.15) is 13.2 Å². The van der Waals surface area contributed by atoms with Crippen LogP contribution in [0.2, 0.25) is 0 Å². The first-order valence-electron chi connectivity index (χ1n) is 9.23. The van der Waals surface area contributed by atoms with E-state index in [0.29, 0.717) is 17.1 Å². The van der Waals surface area contributed by atoms with Crippen LogP contribution in [-0.4, -0.2) is 62.0 Å². The molecule has 0 radical (unpaired) electrons. The minimum Gasteiger partial charge on any atom is -0.496 e. The molecule has 0 bridgehead atoms. The number of nitrogens with zero attached hydrogens (tertiary/aromatic N) is 2. The number of benzene rings is 2. The summed E-state index contributed by atoms with van der Waals surface area (Å²) in [4.78, 5) is 28.7. The van der Waals surface area contributed by atoms with Crippen molar-refractivity contribution in [1.29, 1.82) is 0 Å². The highest BCUT2D eigenvalue weighted by molar-refractivity contribution is 6.00. The second-order valence-electron chi connectivity index (χ2n) is 6.70. The van der Waals surface area contributed by atoms with Gasteiger partial charge in [-0.1, -0.05) is 6.07 Å². The molecule has 0 aliphatic carbocycles. The maximum atomic E-state index is 13.0. The molecular weight excluding hydrogens is 401 g/mol. The standard InChI is InChI=1S/C21H21F3N2O4/c1-29-16-4-3-5-17(30-2)18(16)20(28)26-12-10-25(11-13-26)19(27)14-6-8-15(9-7-14)21(22,23)24/h3-9H,10-13H2,1-2H3. The van der Waals surface area contributed by atoms with Gasteiger partial charge in [-0.3, -0.25) is 9.59 Å². The lowest BCUT2D eigenvalue weighted by Gasteiger charge is -2.35. The number of hydrogen-bond acceptors (Lipinski definition) is 4. The van der Waals surface area contributed by atoms with Gasteiger partial charge in [-0.15, -0.1) is 0 Å². The van der Waals surface area contributed by atoms with Crippen molar-refractivity contribution in [3.8, 4) is 11.5 Å². The van der Waals surface area contributed by atoms with Gasteiger partial charge in [0.2, 0.25) is 0 Å². The minimum absolute atomic E-state index is 0.175. The van der Waals surface area contributed by atoms with Crippen molar-refractivity contribution in [2.45, 2.75) is 6.18 Å². The topological polar surface area (TPSA) is 59.1 Å². The summed E-state index contributed by atoms with van der Waals surface area (Å²) in [5.74, 6) is 0.141. The molecule has 9 heteroatoms. The molecule has 1 aliphatic heterocycles. The second-order valence-corrected chi connectivity index (χ2v) is 6.70. The van der Waals surface area contributed by atoms with Crippen LogP contribution in [0.5, 0.6) is 11.5 Å². The van der Waals surface area contributed by atoms with E-state index in [1.807, 2.05) is 0 Å². The molecule has 2 aromatic carbocycles. The van der Waals surface area contributed by atoms with E-state index in [4.69, 9.17) is 9.47 Å². The zero-order chi connectivity index (χ0) is 21.9. The molecule has 1 saturated heterocycles. The van der Waals surface area contributed by atoms with Gasteiger partial charge < -0.3 is 19.3 Å². The van der Waals surface area contributed by atoms with Gasteiger partial charge in [0.05, 0.1) is 19.8 Å². The van der Waals surface area contributed by atoms with Crippen LogP contribution in [0.25, 0.3) is 0 Å². The number of piperazine rings is 1. The third kappa shape index (κ3) is 4.34. The average molecular weight is 422 g/mol. The molecule has 1 fully saturated rings. The predicted octanol–water partition coefficient (Wildman–Crippen LogP) is 3.32. The van der Waals surface area contributed by atoms with E-state index in [2.05, 4.69) is 0 Å². The van der Waals surface area contributed by atoms with Gasteiger partial charge in [-0.05, 0) is 36.4 Å². The molecule has 3 rings (SSSR count). The lowest BCUT2D eigenvalue weighted by atomic mass is 10.1. The van der Waals surface area contributed by atoms with Crippen molar-refractivity contribution in [2.75, 3.05) is 40.4 Å². The third-order valence-electron chi connectivity index (χ3n) is 4.95. The Morgan fingerprint density at radius 2 is 1.27 bits per heavy atom. The molecule has 30 heavy (non-hydrogen) atoms. The monoisotopic (exact) mass is 422 g/mol. The van der Waals surface area contributed by atoms with Crippen molar-refractivity contribution in [2.24, 2.45) is 0 Å². The van der Waals surface area contributed by atoms with Crippen molar-refractivity contribution >= 4 is 11.8 Å². The Kier molecular flexibility index (Phi) is 6.19. The predicted molar refractivity (Wildman–Crippen MR) is 103 cm³/mol. The first kappa shape index (κ1) is 21.5. The van der Waals surface area contributed by atoms with Crippen molar-refractivity contribution in [1.82, 2.24) is 9.80 Å². The molecule has 0 aromatic heterocycles. The van der Waals surface area contributed by atoms with Gasteiger partial charge in [-0.25, -0.2) is 0 Å². The zero-order valence-electron chi connectivity index (χ0n) is 16.5. The van der Waals surface area contributed by atoms with E-state index in [1.54, 1.807) is 23.1 Å². The van der Waals surface area contributed by atoms with Crippen LogP contribution >= 0.6 is 0 Å². The van der Waals surface area contributed by atoms with Gasteiger partial charge in [0.25, 0.3) is 11.8 Å². The lowest BCUT2D eigenvalue weighted by molar-refractivity contribution is -0.137. The second kappa shape index (κ2) is 8.64. The number of halogens is 3. The summed E-state index contributed by atoms with van der Waals surface area (Å²) in [6, 6.07) is 9.17.